The first-order valence-corrected chi connectivity index (χ1v) is 6.96. The summed E-state index contributed by atoms with van der Waals surface area (Å²) in [6.45, 7) is 8.41. The molecule has 19 heavy (non-hydrogen) atoms. The molecular weight excluding hydrogens is 264 g/mol. The van der Waals surface area contributed by atoms with Crippen LogP contribution in [0.5, 0.6) is 0 Å². The standard InChI is InChI=1S/C13H28N4O.ClH/c1-4-12(14)13(18)16(3)6-5-7-17-10-8-15(2)9-11-17;/h12H,4-11,14H2,1-3H3;1H. The van der Waals surface area contributed by atoms with E-state index in [0.717, 1.165) is 45.7 Å². The SMILES string of the molecule is CCC(N)C(=O)N(C)CCCN1CCN(C)CC1.Cl. The molecule has 0 aliphatic carbocycles. The number of hydrogen-bond acceptors (Lipinski definition) is 4. The quantitative estimate of drug-likeness (QED) is 0.762. The van der Waals surface area contributed by atoms with E-state index in [9.17, 15) is 4.79 Å². The van der Waals surface area contributed by atoms with Gasteiger partial charge < -0.3 is 20.4 Å². The van der Waals surface area contributed by atoms with Gasteiger partial charge in [0.25, 0.3) is 0 Å². The van der Waals surface area contributed by atoms with E-state index in [1.807, 2.05) is 14.0 Å². The lowest BCUT2D eigenvalue weighted by atomic mass is 10.2. The van der Waals surface area contributed by atoms with Gasteiger partial charge in [0.1, 0.15) is 0 Å². The molecule has 1 saturated heterocycles. The molecule has 0 aromatic carbocycles. The first-order valence-electron chi connectivity index (χ1n) is 6.96. The van der Waals surface area contributed by atoms with Crippen LogP contribution in [0.4, 0.5) is 0 Å². The number of halogens is 1. The highest BCUT2D eigenvalue weighted by molar-refractivity contribution is 5.85. The normalized spacial score (nSPS) is 18.7. The van der Waals surface area contributed by atoms with Gasteiger partial charge in [-0.1, -0.05) is 6.92 Å². The van der Waals surface area contributed by atoms with Crippen molar-refractivity contribution in [3.8, 4) is 0 Å². The molecule has 114 valence electrons. The molecule has 1 rings (SSSR count). The molecule has 0 saturated carbocycles. The molecule has 1 atom stereocenters. The van der Waals surface area contributed by atoms with Crippen molar-refractivity contribution in [2.45, 2.75) is 25.8 Å². The summed E-state index contributed by atoms with van der Waals surface area (Å²) in [7, 11) is 4.01. The average Bonchev–Trinajstić information content (AvgIpc) is 2.39. The molecular formula is C13H29ClN4O. The lowest BCUT2D eigenvalue weighted by Crippen LogP contribution is -2.46. The largest absolute Gasteiger partial charge is 0.344 e. The van der Waals surface area contributed by atoms with Gasteiger partial charge in [-0.15, -0.1) is 12.4 Å². The van der Waals surface area contributed by atoms with Crippen molar-refractivity contribution in [3.63, 3.8) is 0 Å². The van der Waals surface area contributed by atoms with Gasteiger partial charge in [0.05, 0.1) is 6.04 Å². The highest BCUT2D eigenvalue weighted by atomic mass is 35.5. The fourth-order valence-corrected chi connectivity index (χ4v) is 2.17. The van der Waals surface area contributed by atoms with Crippen molar-refractivity contribution < 1.29 is 4.79 Å². The van der Waals surface area contributed by atoms with E-state index in [1.54, 1.807) is 4.90 Å². The Morgan fingerprint density at radius 1 is 1.32 bits per heavy atom. The molecule has 1 aliphatic heterocycles. The molecule has 1 fully saturated rings. The van der Waals surface area contributed by atoms with Crippen molar-refractivity contribution in [3.05, 3.63) is 0 Å². The van der Waals surface area contributed by atoms with Crippen LogP contribution in [0, 0.1) is 0 Å². The van der Waals surface area contributed by atoms with Gasteiger partial charge in [-0.3, -0.25) is 4.79 Å². The minimum Gasteiger partial charge on any atom is -0.344 e. The first-order chi connectivity index (χ1) is 8.54. The number of amides is 1. The Balaban J connectivity index is 0.00000324. The number of nitrogens with two attached hydrogens (primary N) is 1. The number of nitrogens with zero attached hydrogens (tertiary/aromatic N) is 3. The highest BCUT2D eigenvalue weighted by Gasteiger charge is 2.17. The van der Waals surface area contributed by atoms with Crippen LogP contribution in [0.1, 0.15) is 19.8 Å². The highest BCUT2D eigenvalue weighted by Crippen LogP contribution is 2.01. The zero-order valence-corrected chi connectivity index (χ0v) is 13.3. The molecule has 6 heteroatoms. The first kappa shape index (κ1) is 18.6. The molecule has 2 N–H and O–H groups in total. The summed E-state index contributed by atoms with van der Waals surface area (Å²) < 4.78 is 0. The molecule has 1 unspecified atom stereocenters. The van der Waals surface area contributed by atoms with E-state index < -0.39 is 0 Å². The minimum atomic E-state index is -0.335. The third-order valence-electron chi connectivity index (χ3n) is 3.70. The van der Waals surface area contributed by atoms with Crippen LogP contribution in [-0.2, 0) is 4.79 Å². The summed E-state index contributed by atoms with van der Waals surface area (Å²) >= 11 is 0. The molecule has 0 radical (unpaired) electrons. The summed E-state index contributed by atoms with van der Waals surface area (Å²) in [5.74, 6) is 0.0656. The monoisotopic (exact) mass is 292 g/mol. The van der Waals surface area contributed by atoms with Crippen molar-refractivity contribution in [2.24, 2.45) is 5.73 Å². The molecule has 1 heterocycles. The number of carbonyl (C=O) groups excluding carboxylic acids is 1. The Labute approximate surface area is 123 Å². The molecule has 0 aromatic heterocycles. The van der Waals surface area contributed by atoms with Gasteiger partial charge in [0.2, 0.25) is 5.91 Å². The minimum absolute atomic E-state index is 0. The second kappa shape index (κ2) is 9.53. The maximum Gasteiger partial charge on any atom is 0.239 e. The number of hydrogen-bond donors (Lipinski definition) is 1. The molecule has 0 bridgehead atoms. The van der Waals surface area contributed by atoms with Crippen LogP contribution in [0.3, 0.4) is 0 Å². The molecule has 0 spiro atoms. The number of piperazine rings is 1. The maximum atomic E-state index is 11.8. The van der Waals surface area contributed by atoms with E-state index in [1.165, 1.54) is 0 Å². The molecule has 1 amide bonds. The third kappa shape index (κ3) is 6.56. The topological polar surface area (TPSA) is 52.8 Å². The lowest BCUT2D eigenvalue weighted by molar-refractivity contribution is -0.131. The summed E-state index contributed by atoms with van der Waals surface area (Å²) in [5, 5.41) is 0. The van der Waals surface area contributed by atoms with Crippen molar-refractivity contribution in [1.82, 2.24) is 14.7 Å². The second-order valence-corrected chi connectivity index (χ2v) is 5.27. The number of likely N-dealkylation sites (N-methyl/N-ethyl adjacent to an activating group) is 2. The van der Waals surface area contributed by atoms with Crippen LogP contribution in [0.2, 0.25) is 0 Å². The number of rotatable bonds is 6. The fourth-order valence-electron chi connectivity index (χ4n) is 2.17. The zero-order chi connectivity index (χ0) is 13.5. The van der Waals surface area contributed by atoms with Crippen molar-refractivity contribution in [2.75, 3.05) is 53.4 Å². The van der Waals surface area contributed by atoms with Crippen LogP contribution in [-0.4, -0.2) is 80.0 Å². The summed E-state index contributed by atoms with van der Waals surface area (Å²) in [6, 6.07) is -0.335. The van der Waals surface area contributed by atoms with Gasteiger partial charge >= 0.3 is 0 Å². The van der Waals surface area contributed by atoms with Crippen molar-refractivity contribution in [1.29, 1.82) is 0 Å². The predicted molar refractivity (Wildman–Crippen MR) is 81.7 cm³/mol. The number of carbonyl (C=O) groups is 1. The Morgan fingerprint density at radius 3 is 2.42 bits per heavy atom. The van der Waals surface area contributed by atoms with Gasteiger partial charge in [-0.2, -0.15) is 0 Å². The Kier molecular flexibility index (Phi) is 9.35. The zero-order valence-electron chi connectivity index (χ0n) is 12.5. The third-order valence-corrected chi connectivity index (χ3v) is 3.70. The summed E-state index contributed by atoms with van der Waals surface area (Å²) in [4.78, 5) is 18.4. The lowest BCUT2D eigenvalue weighted by Gasteiger charge is -2.32. The van der Waals surface area contributed by atoms with Crippen LogP contribution in [0.25, 0.3) is 0 Å². The van der Waals surface area contributed by atoms with Gasteiger partial charge in [0, 0.05) is 39.8 Å². The van der Waals surface area contributed by atoms with Gasteiger partial charge in [0.15, 0.2) is 0 Å². The Hall–Kier alpha value is -0.360. The van der Waals surface area contributed by atoms with E-state index in [4.69, 9.17) is 5.73 Å². The smallest absolute Gasteiger partial charge is 0.239 e. The molecule has 5 nitrogen and oxygen atoms in total. The Morgan fingerprint density at radius 2 is 1.89 bits per heavy atom. The maximum absolute atomic E-state index is 11.8. The van der Waals surface area contributed by atoms with E-state index in [2.05, 4.69) is 16.8 Å². The summed E-state index contributed by atoms with van der Waals surface area (Å²) in [5.41, 5.74) is 5.74. The summed E-state index contributed by atoms with van der Waals surface area (Å²) in [6.07, 6.45) is 1.74. The van der Waals surface area contributed by atoms with Crippen LogP contribution < -0.4 is 5.73 Å². The predicted octanol–water partition coefficient (Wildman–Crippen LogP) is 0.241. The van der Waals surface area contributed by atoms with Crippen LogP contribution >= 0.6 is 12.4 Å². The molecule has 0 aromatic rings. The van der Waals surface area contributed by atoms with Crippen molar-refractivity contribution >= 4 is 18.3 Å². The van der Waals surface area contributed by atoms with E-state index in [0.29, 0.717) is 6.42 Å². The van der Waals surface area contributed by atoms with Gasteiger partial charge in [-0.25, -0.2) is 0 Å². The van der Waals surface area contributed by atoms with Gasteiger partial charge in [-0.05, 0) is 26.4 Å². The fraction of sp³-hybridized carbons (Fsp3) is 0.923. The second-order valence-electron chi connectivity index (χ2n) is 5.27. The van der Waals surface area contributed by atoms with Crippen LogP contribution in [0.15, 0.2) is 0 Å². The average molecular weight is 293 g/mol. The Bertz CT molecular complexity index is 257. The molecule has 1 aliphatic rings. The van der Waals surface area contributed by atoms with E-state index >= 15 is 0 Å². The van der Waals surface area contributed by atoms with E-state index in [-0.39, 0.29) is 24.4 Å².